The molecule has 0 saturated carbocycles. The van der Waals surface area contributed by atoms with Crippen LogP contribution in [-0.4, -0.2) is 23.0 Å². The van der Waals surface area contributed by atoms with Gasteiger partial charge in [0.1, 0.15) is 0 Å². The highest BCUT2D eigenvalue weighted by Gasteiger charge is 2.38. The number of nitrogens with zero attached hydrogens (tertiary/aromatic N) is 1. The topological polar surface area (TPSA) is 54.0 Å². The van der Waals surface area contributed by atoms with E-state index in [0.29, 0.717) is 0 Å². The van der Waals surface area contributed by atoms with Gasteiger partial charge in [0.25, 0.3) is 0 Å². The minimum atomic E-state index is -0.384. The lowest BCUT2D eigenvalue weighted by Gasteiger charge is -2.26. The van der Waals surface area contributed by atoms with Crippen LogP contribution < -0.4 is 10.6 Å². The number of pyridine rings is 1. The van der Waals surface area contributed by atoms with Gasteiger partial charge in [-0.25, -0.2) is 0 Å². The van der Waals surface area contributed by atoms with Gasteiger partial charge in [0.15, 0.2) is 0 Å². The summed E-state index contributed by atoms with van der Waals surface area (Å²) in [5.41, 5.74) is 1.33. The maximum atomic E-state index is 12.3. The highest BCUT2D eigenvalue weighted by molar-refractivity contribution is 5.98. The second kappa shape index (κ2) is 6.16. The second-order valence-electron chi connectivity index (χ2n) is 4.61. The molecule has 100 valence electrons. The average Bonchev–Trinajstić information content (AvgIpc) is 2.82. The van der Waals surface area contributed by atoms with Crippen molar-refractivity contribution in [3.63, 3.8) is 0 Å². The van der Waals surface area contributed by atoms with Gasteiger partial charge in [-0.3, -0.25) is 9.78 Å². The number of halogens is 1. The summed E-state index contributed by atoms with van der Waals surface area (Å²) in [5.74, 6) is 0.0585. The van der Waals surface area contributed by atoms with Gasteiger partial charge in [-0.15, -0.1) is 12.4 Å². The summed E-state index contributed by atoms with van der Waals surface area (Å²) in [6.45, 7) is 4.90. The van der Waals surface area contributed by atoms with Crippen LogP contribution in [0.3, 0.4) is 0 Å². The molecule has 0 spiro atoms. The quantitative estimate of drug-likeness (QED) is 0.885. The fourth-order valence-corrected chi connectivity index (χ4v) is 2.25. The molecule has 4 nitrogen and oxygen atoms in total. The molecule has 1 unspecified atom stereocenters. The van der Waals surface area contributed by atoms with E-state index < -0.39 is 0 Å². The summed E-state index contributed by atoms with van der Waals surface area (Å²) in [6, 6.07) is 3.79. The number of aromatic nitrogens is 1. The minimum absolute atomic E-state index is 0. The number of amides is 1. The van der Waals surface area contributed by atoms with Gasteiger partial charge in [-0.05, 0) is 44.9 Å². The van der Waals surface area contributed by atoms with Gasteiger partial charge in [0.2, 0.25) is 5.91 Å². The van der Waals surface area contributed by atoms with E-state index in [0.717, 1.165) is 37.2 Å². The molecule has 1 amide bonds. The lowest BCUT2D eigenvalue weighted by molar-refractivity contribution is -0.122. The van der Waals surface area contributed by atoms with E-state index in [9.17, 15) is 4.79 Å². The fourth-order valence-electron chi connectivity index (χ4n) is 2.25. The third-order valence-electron chi connectivity index (χ3n) is 3.45. The second-order valence-corrected chi connectivity index (χ2v) is 4.61. The number of carbonyl (C=O) groups excluding carboxylic acids is 1. The van der Waals surface area contributed by atoms with E-state index in [1.807, 2.05) is 26.0 Å². The lowest BCUT2D eigenvalue weighted by Crippen LogP contribution is -2.50. The number of anilines is 1. The monoisotopic (exact) mass is 269 g/mol. The molecule has 1 fully saturated rings. The van der Waals surface area contributed by atoms with Crippen molar-refractivity contribution in [3.05, 3.63) is 24.0 Å². The Morgan fingerprint density at radius 1 is 1.56 bits per heavy atom. The number of carbonyl (C=O) groups is 1. The molecular weight excluding hydrogens is 250 g/mol. The van der Waals surface area contributed by atoms with E-state index in [2.05, 4.69) is 15.6 Å². The van der Waals surface area contributed by atoms with E-state index in [1.165, 1.54) is 0 Å². The van der Waals surface area contributed by atoms with Crippen molar-refractivity contribution in [2.24, 2.45) is 0 Å². The van der Waals surface area contributed by atoms with Gasteiger partial charge in [-0.1, -0.05) is 6.92 Å². The first-order valence-corrected chi connectivity index (χ1v) is 6.15. The van der Waals surface area contributed by atoms with Crippen LogP contribution in [0, 0.1) is 6.92 Å². The van der Waals surface area contributed by atoms with Crippen LogP contribution in [0.4, 0.5) is 5.69 Å². The molecule has 0 radical (unpaired) electrons. The van der Waals surface area contributed by atoms with Crippen LogP contribution in [0.5, 0.6) is 0 Å². The van der Waals surface area contributed by atoms with Crippen molar-refractivity contribution in [1.29, 1.82) is 0 Å². The van der Waals surface area contributed by atoms with Crippen LogP contribution in [0.2, 0.25) is 0 Å². The Labute approximate surface area is 114 Å². The molecule has 2 heterocycles. The smallest absolute Gasteiger partial charge is 0.244 e. The molecule has 2 N–H and O–H groups in total. The van der Waals surface area contributed by atoms with Crippen LogP contribution in [0.1, 0.15) is 31.9 Å². The van der Waals surface area contributed by atoms with Crippen molar-refractivity contribution in [3.8, 4) is 0 Å². The predicted octanol–water partition coefficient (Wildman–Crippen LogP) is 2.28. The molecule has 5 heteroatoms. The first kappa shape index (κ1) is 14.9. The Morgan fingerprint density at radius 2 is 2.33 bits per heavy atom. The molecular formula is C13H20ClN3O. The summed E-state index contributed by atoms with van der Waals surface area (Å²) in [5, 5.41) is 6.26. The number of hydrogen-bond acceptors (Lipinski definition) is 3. The summed E-state index contributed by atoms with van der Waals surface area (Å²) in [4.78, 5) is 16.4. The lowest BCUT2D eigenvalue weighted by atomic mass is 9.93. The summed E-state index contributed by atoms with van der Waals surface area (Å²) in [7, 11) is 0. The van der Waals surface area contributed by atoms with Crippen LogP contribution in [0.25, 0.3) is 0 Å². The molecule has 0 aromatic carbocycles. The standard InChI is InChI=1S/C13H19N3O.ClH/c1-3-13(7-4-8-15-13)12(17)16-11-6-5-10(2)14-9-11;/h5-6,9,15H,3-4,7-8H2,1-2H3,(H,16,17);1H. The zero-order chi connectivity index (χ0) is 12.3. The predicted molar refractivity (Wildman–Crippen MR) is 75.1 cm³/mol. The molecule has 18 heavy (non-hydrogen) atoms. The van der Waals surface area contributed by atoms with E-state index in [4.69, 9.17) is 0 Å². The van der Waals surface area contributed by atoms with Crippen molar-refractivity contribution in [2.45, 2.75) is 38.6 Å². The zero-order valence-electron chi connectivity index (χ0n) is 10.8. The first-order chi connectivity index (χ1) is 8.16. The number of nitrogens with one attached hydrogen (secondary N) is 2. The van der Waals surface area contributed by atoms with Gasteiger partial charge >= 0.3 is 0 Å². The highest BCUT2D eigenvalue weighted by Crippen LogP contribution is 2.24. The minimum Gasteiger partial charge on any atom is -0.323 e. The molecule has 1 aromatic rings. The summed E-state index contributed by atoms with van der Waals surface area (Å²) >= 11 is 0. The largest absolute Gasteiger partial charge is 0.323 e. The Hall–Kier alpha value is -1.13. The maximum absolute atomic E-state index is 12.3. The van der Waals surface area contributed by atoms with Gasteiger partial charge in [0.05, 0.1) is 17.4 Å². The van der Waals surface area contributed by atoms with Gasteiger partial charge in [-0.2, -0.15) is 0 Å². The van der Waals surface area contributed by atoms with Crippen molar-refractivity contribution < 1.29 is 4.79 Å². The molecule has 0 aliphatic carbocycles. The molecule has 2 rings (SSSR count). The Kier molecular flexibility index (Phi) is 5.11. The average molecular weight is 270 g/mol. The maximum Gasteiger partial charge on any atom is 0.244 e. The first-order valence-electron chi connectivity index (χ1n) is 6.15. The Bertz CT molecular complexity index is 399. The summed E-state index contributed by atoms with van der Waals surface area (Å²) < 4.78 is 0. The molecule has 1 atom stereocenters. The van der Waals surface area contributed by atoms with Crippen molar-refractivity contribution in [2.75, 3.05) is 11.9 Å². The molecule has 1 saturated heterocycles. The van der Waals surface area contributed by atoms with E-state index in [1.54, 1.807) is 6.20 Å². The van der Waals surface area contributed by atoms with E-state index in [-0.39, 0.29) is 23.9 Å². The molecule has 1 aromatic heterocycles. The van der Waals surface area contributed by atoms with Crippen LogP contribution in [0.15, 0.2) is 18.3 Å². The third kappa shape index (κ3) is 3.00. The van der Waals surface area contributed by atoms with Crippen LogP contribution in [-0.2, 0) is 4.79 Å². The molecule has 1 aliphatic heterocycles. The third-order valence-corrected chi connectivity index (χ3v) is 3.45. The molecule has 1 aliphatic rings. The number of aryl methyl sites for hydroxylation is 1. The van der Waals surface area contributed by atoms with Gasteiger partial charge < -0.3 is 10.6 Å². The summed E-state index contributed by atoms with van der Waals surface area (Å²) in [6.07, 6.45) is 4.49. The van der Waals surface area contributed by atoms with Gasteiger partial charge in [0, 0.05) is 5.69 Å². The zero-order valence-corrected chi connectivity index (χ0v) is 11.6. The Morgan fingerprint density at radius 3 is 2.83 bits per heavy atom. The fraction of sp³-hybridized carbons (Fsp3) is 0.538. The highest BCUT2D eigenvalue weighted by atomic mass is 35.5. The SMILES string of the molecule is CCC1(C(=O)Nc2ccc(C)nc2)CCCN1.Cl. The van der Waals surface area contributed by atoms with Crippen LogP contribution >= 0.6 is 12.4 Å². The Balaban J connectivity index is 0.00000162. The normalized spacial score (nSPS) is 22.3. The molecule has 0 bridgehead atoms. The number of rotatable bonds is 3. The van der Waals surface area contributed by atoms with Crippen molar-refractivity contribution >= 4 is 24.0 Å². The van der Waals surface area contributed by atoms with E-state index >= 15 is 0 Å². The number of hydrogen-bond donors (Lipinski definition) is 2. The van der Waals surface area contributed by atoms with Crippen molar-refractivity contribution in [1.82, 2.24) is 10.3 Å².